The highest BCUT2D eigenvalue weighted by Gasteiger charge is 2.35. The molecule has 0 bridgehead atoms. The van der Waals surface area contributed by atoms with Gasteiger partial charge in [-0.05, 0) is 24.1 Å². The second-order valence-electron chi connectivity index (χ2n) is 4.27. The van der Waals surface area contributed by atoms with E-state index in [1.165, 1.54) is 0 Å². The van der Waals surface area contributed by atoms with Gasteiger partial charge in [0.05, 0.1) is 18.8 Å². The summed E-state index contributed by atoms with van der Waals surface area (Å²) >= 11 is 12.1. The Morgan fingerprint density at radius 2 is 2.06 bits per heavy atom. The summed E-state index contributed by atoms with van der Waals surface area (Å²) in [4.78, 5) is 0. The minimum Gasteiger partial charge on any atom is -0.394 e. The fourth-order valence-electron chi connectivity index (χ4n) is 2.02. The average molecular weight is 277 g/mol. The van der Waals surface area contributed by atoms with Crippen LogP contribution >= 0.6 is 23.2 Å². The summed E-state index contributed by atoms with van der Waals surface area (Å²) in [5, 5.41) is 19.8. The molecule has 0 aliphatic carbocycles. The van der Waals surface area contributed by atoms with Crippen molar-refractivity contribution in [2.75, 3.05) is 6.61 Å². The smallest absolute Gasteiger partial charge is 0.107 e. The van der Waals surface area contributed by atoms with E-state index in [2.05, 4.69) is 0 Å². The van der Waals surface area contributed by atoms with Gasteiger partial charge in [-0.3, -0.25) is 0 Å². The molecule has 0 spiro atoms. The van der Waals surface area contributed by atoms with Crippen molar-refractivity contribution in [1.82, 2.24) is 0 Å². The van der Waals surface area contributed by atoms with Gasteiger partial charge in [-0.15, -0.1) is 0 Å². The Morgan fingerprint density at radius 1 is 1.35 bits per heavy atom. The Morgan fingerprint density at radius 3 is 2.65 bits per heavy atom. The standard InChI is InChI=1S/C12H14Cl2O3/c1-6-2-7(9(14)3-8(6)13)11-4-10(16)12(5-15)17-11/h2-3,10-12,15-16H,4-5H2,1H3. The number of benzene rings is 1. The van der Waals surface area contributed by atoms with Crippen molar-refractivity contribution in [2.24, 2.45) is 0 Å². The molecule has 0 saturated carbocycles. The lowest BCUT2D eigenvalue weighted by molar-refractivity contribution is -0.0225. The van der Waals surface area contributed by atoms with E-state index in [4.69, 9.17) is 33.0 Å². The molecule has 1 aliphatic rings. The molecule has 1 aromatic rings. The first kappa shape index (κ1) is 13.1. The molecule has 0 radical (unpaired) electrons. The fraction of sp³-hybridized carbons (Fsp3) is 0.500. The van der Waals surface area contributed by atoms with Crippen LogP contribution in [0.3, 0.4) is 0 Å². The van der Waals surface area contributed by atoms with E-state index in [1.807, 2.05) is 13.0 Å². The quantitative estimate of drug-likeness (QED) is 0.873. The summed E-state index contributed by atoms with van der Waals surface area (Å²) in [5.41, 5.74) is 1.72. The van der Waals surface area contributed by atoms with Crippen LogP contribution in [-0.4, -0.2) is 29.0 Å². The van der Waals surface area contributed by atoms with Gasteiger partial charge in [-0.1, -0.05) is 29.3 Å². The van der Waals surface area contributed by atoms with Crippen LogP contribution in [0.2, 0.25) is 10.0 Å². The summed E-state index contributed by atoms with van der Waals surface area (Å²) in [6, 6.07) is 3.54. The van der Waals surface area contributed by atoms with E-state index in [1.54, 1.807) is 6.07 Å². The zero-order chi connectivity index (χ0) is 12.6. The monoisotopic (exact) mass is 276 g/mol. The summed E-state index contributed by atoms with van der Waals surface area (Å²) in [6.45, 7) is 1.69. The van der Waals surface area contributed by atoms with Crippen LogP contribution in [0.5, 0.6) is 0 Å². The van der Waals surface area contributed by atoms with Crippen molar-refractivity contribution in [3.05, 3.63) is 33.3 Å². The van der Waals surface area contributed by atoms with Gasteiger partial charge in [0.25, 0.3) is 0 Å². The van der Waals surface area contributed by atoms with Gasteiger partial charge < -0.3 is 14.9 Å². The maximum atomic E-state index is 9.68. The minimum absolute atomic E-state index is 0.193. The molecule has 1 heterocycles. The van der Waals surface area contributed by atoms with Crippen LogP contribution in [0.1, 0.15) is 23.7 Å². The summed E-state index contributed by atoms with van der Waals surface area (Å²) in [6.07, 6.45) is -1.04. The Labute approximate surface area is 110 Å². The fourth-order valence-corrected chi connectivity index (χ4v) is 2.52. The molecule has 5 heteroatoms. The van der Waals surface area contributed by atoms with Crippen LogP contribution in [0.25, 0.3) is 0 Å². The molecule has 3 nitrogen and oxygen atoms in total. The summed E-state index contributed by atoms with van der Waals surface area (Å²) in [5.74, 6) is 0. The van der Waals surface area contributed by atoms with Gasteiger partial charge in [0, 0.05) is 16.5 Å². The van der Waals surface area contributed by atoms with Gasteiger partial charge in [0.2, 0.25) is 0 Å². The maximum Gasteiger partial charge on any atom is 0.107 e. The van der Waals surface area contributed by atoms with Crippen molar-refractivity contribution in [1.29, 1.82) is 0 Å². The largest absolute Gasteiger partial charge is 0.394 e. The molecule has 17 heavy (non-hydrogen) atoms. The van der Waals surface area contributed by atoms with Gasteiger partial charge in [-0.2, -0.15) is 0 Å². The molecular weight excluding hydrogens is 263 g/mol. The zero-order valence-corrected chi connectivity index (χ0v) is 10.9. The van der Waals surface area contributed by atoms with Crippen LogP contribution in [0.4, 0.5) is 0 Å². The maximum absolute atomic E-state index is 9.68. The molecule has 1 saturated heterocycles. The first-order chi connectivity index (χ1) is 8.02. The summed E-state index contributed by atoms with van der Waals surface area (Å²) < 4.78 is 5.56. The molecular formula is C12H14Cl2O3. The third-order valence-corrected chi connectivity index (χ3v) is 3.76. The topological polar surface area (TPSA) is 49.7 Å². The lowest BCUT2D eigenvalue weighted by Gasteiger charge is -2.15. The highest BCUT2D eigenvalue weighted by atomic mass is 35.5. The Balaban J connectivity index is 2.27. The van der Waals surface area contributed by atoms with Crippen LogP contribution in [-0.2, 0) is 4.74 Å². The molecule has 2 N–H and O–H groups in total. The first-order valence-corrected chi connectivity index (χ1v) is 6.18. The number of hydrogen-bond donors (Lipinski definition) is 2. The van der Waals surface area contributed by atoms with Crippen molar-refractivity contribution in [3.63, 3.8) is 0 Å². The van der Waals surface area contributed by atoms with Gasteiger partial charge in [0.15, 0.2) is 0 Å². The Kier molecular flexibility index (Phi) is 3.95. The second-order valence-corrected chi connectivity index (χ2v) is 5.09. The average Bonchev–Trinajstić information content (AvgIpc) is 2.65. The first-order valence-electron chi connectivity index (χ1n) is 5.43. The van der Waals surface area contributed by atoms with Gasteiger partial charge in [0.1, 0.15) is 6.10 Å². The number of hydrogen-bond acceptors (Lipinski definition) is 3. The number of ether oxygens (including phenoxy) is 1. The van der Waals surface area contributed by atoms with Crippen molar-refractivity contribution in [2.45, 2.75) is 31.7 Å². The normalized spacial score (nSPS) is 28.6. The Hall–Kier alpha value is -0.320. The molecule has 0 aromatic heterocycles. The van der Waals surface area contributed by atoms with E-state index in [-0.39, 0.29) is 12.7 Å². The molecule has 1 aromatic carbocycles. The SMILES string of the molecule is Cc1cc(C2CC(O)C(CO)O2)c(Cl)cc1Cl. The lowest BCUT2D eigenvalue weighted by atomic mass is 10.0. The minimum atomic E-state index is -0.656. The number of aryl methyl sites for hydroxylation is 1. The molecule has 94 valence electrons. The second kappa shape index (κ2) is 5.12. The highest BCUT2D eigenvalue weighted by Crippen LogP contribution is 2.38. The van der Waals surface area contributed by atoms with Crippen molar-refractivity contribution < 1.29 is 14.9 Å². The van der Waals surface area contributed by atoms with Crippen molar-refractivity contribution >= 4 is 23.2 Å². The predicted molar refractivity (Wildman–Crippen MR) is 66.5 cm³/mol. The van der Waals surface area contributed by atoms with E-state index in [0.29, 0.717) is 16.5 Å². The lowest BCUT2D eigenvalue weighted by Crippen LogP contribution is -2.24. The molecule has 1 fully saturated rings. The predicted octanol–water partition coefficient (Wildman–Crippen LogP) is 2.49. The molecule has 1 aliphatic heterocycles. The zero-order valence-electron chi connectivity index (χ0n) is 9.36. The van der Waals surface area contributed by atoms with Crippen LogP contribution in [0.15, 0.2) is 12.1 Å². The van der Waals surface area contributed by atoms with E-state index in [0.717, 1.165) is 11.1 Å². The molecule has 0 amide bonds. The van der Waals surface area contributed by atoms with E-state index in [9.17, 15) is 5.11 Å². The number of aliphatic hydroxyl groups is 2. The van der Waals surface area contributed by atoms with E-state index >= 15 is 0 Å². The van der Waals surface area contributed by atoms with Gasteiger partial charge >= 0.3 is 0 Å². The molecule has 3 unspecified atom stereocenters. The third kappa shape index (κ3) is 2.59. The van der Waals surface area contributed by atoms with Gasteiger partial charge in [-0.25, -0.2) is 0 Å². The third-order valence-electron chi connectivity index (χ3n) is 3.03. The number of halogens is 2. The Bertz CT molecular complexity index is 422. The molecule has 3 atom stereocenters. The van der Waals surface area contributed by atoms with Crippen molar-refractivity contribution in [3.8, 4) is 0 Å². The van der Waals surface area contributed by atoms with Crippen LogP contribution < -0.4 is 0 Å². The summed E-state index contributed by atoms with van der Waals surface area (Å²) in [7, 11) is 0. The number of aliphatic hydroxyl groups excluding tert-OH is 2. The highest BCUT2D eigenvalue weighted by molar-refractivity contribution is 6.35. The molecule has 2 rings (SSSR count). The number of rotatable bonds is 2. The van der Waals surface area contributed by atoms with Crippen LogP contribution in [0, 0.1) is 6.92 Å². The van der Waals surface area contributed by atoms with E-state index < -0.39 is 12.2 Å².